The summed E-state index contributed by atoms with van der Waals surface area (Å²) in [7, 11) is 0. The minimum atomic E-state index is -0.306. The van der Waals surface area contributed by atoms with Gasteiger partial charge < -0.3 is 14.8 Å². The molecule has 0 fully saturated rings. The highest BCUT2D eigenvalue weighted by Gasteiger charge is 2.13. The van der Waals surface area contributed by atoms with Crippen molar-refractivity contribution >= 4 is 28.9 Å². The largest absolute Gasteiger partial charge is 0.490 e. The first-order chi connectivity index (χ1) is 14.0. The molecule has 3 nitrogen and oxygen atoms in total. The summed E-state index contributed by atoms with van der Waals surface area (Å²) in [5.74, 6) is 0.690. The van der Waals surface area contributed by atoms with Crippen LogP contribution in [0.25, 0.3) is 0 Å². The van der Waals surface area contributed by atoms with Crippen molar-refractivity contribution in [1.29, 1.82) is 0 Å². The summed E-state index contributed by atoms with van der Waals surface area (Å²) in [4.78, 5) is 0. The Hall–Kier alpha value is -2.43. The molecule has 0 saturated carbocycles. The summed E-state index contributed by atoms with van der Waals surface area (Å²) in [5, 5.41) is 4.48. The molecule has 0 heterocycles. The number of hydrogen-bond acceptors (Lipinski definition) is 3. The van der Waals surface area contributed by atoms with E-state index in [1.807, 2.05) is 44.2 Å². The molecule has 0 aliphatic carbocycles. The monoisotopic (exact) mass is 433 g/mol. The summed E-state index contributed by atoms with van der Waals surface area (Å²) in [6, 6.07) is 15.8. The molecule has 0 saturated heterocycles. The zero-order chi connectivity index (χ0) is 20.8. The van der Waals surface area contributed by atoms with Gasteiger partial charge in [-0.05, 0) is 66.9 Å². The van der Waals surface area contributed by atoms with Crippen LogP contribution in [0, 0.1) is 12.7 Å². The van der Waals surface area contributed by atoms with Gasteiger partial charge in [0.2, 0.25) is 0 Å². The van der Waals surface area contributed by atoms with Crippen molar-refractivity contribution in [1.82, 2.24) is 0 Å². The number of benzene rings is 3. The lowest BCUT2D eigenvalue weighted by Gasteiger charge is -2.16. The maximum atomic E-state index is 13.4. The van der Waals surface area contributed by atoms with Gasteiger partial charge in [-0.25, -0.2) is 4.39 Å². The van der Waals surface area contributed by atoms with Crippen molar-refractivity contribution < 1.29 is 13.9 Å². The van der Waals surface area contributed by atoms with Crippen molar-refractivity contribution in [2.45, 2.75) is 27.0 Å². The second-order valence-corrected chi connectivity index (χ2v) is 7.39. The van der Waals surface area contributed by atoms with Crippen LogP contribution in [0.5, 0.6) is 11.5 Å². The Morgan fingerprint density at radius 1 is 0.931 bits per heavy atom. The van der Waals surface area contributed by atoms with E-state index in [9.17, 15) is 4.39 Å². The molecule has 0 amide bonds. The minimum Gasteiger partial charge on any atom is -0.490 e. The Morgan fingerprint density at radius 2 is 1.76 bits per heavy atom. The smallest absolute Gasteiger partial charge is 0.180 e. The summed E-state index contributed by atoms with van der Waals surface area (Å²) < 4.78 is 24.9. The van der Waals surface area contributed by atoms with Gasteiger partial charge in [-0.15, -0.1) is 0 Å². The quantitative estimate of drug-likeness (QED) is 0.413. The molecule has 29 heavy (non-hydrogen) atoms. The number of rotatable bonds is 8. The van der Waals surface area contributed by atoms with Crippen molar-refractivity contribution in [2.75, 3.05) is 11.9 Å². The molecular formula is C23H22Cl2FNO2. The fourth-order valence-corrected chi connectivity index (χ4v) is 3.28. The molecule has 0 aliphatic rings. The molecule has 6 heteroatoms. The minimum absolute atomic E-state index is 0.191. The van der Waals surface area contributed by atoms with Crippen molar-refractivity contribution in [3.8, 4) is 11.5 Å². The van der Waals surface area contributed by atoms with Crippen LogP contribution in [0.3, 0.4) is 0 Å². The van der Waals surface area contributed by atoms with Crippen molar-refractivity contribution in [3.63, 3.8) is 0 Å². The van der Waals surface area contributed by atoms with Crippen LogP contribution in [0.2, 0.25) is 10.0 Å². The lowest BCUT2D eigenvalue weighted by Crippen LogP contribution is -2.04. The first kappa shape index (κ1) is 21.3. The van der Waals surface area contributed by atoms with E-state index < -0.39 is 0 Å². The Bertz CT molecular complexity index is 995. The first-order valence-corrected chi connectivity index (χ1v) is 10.0. The summed E-state index contributed by atoms with van der Waals surface area (Å²) in [5.41, 5.74) is 3.60. The maximum Gasteiger partial charge on any atom is 0.180 e. The van der Waals surface area contributed by atoms with Crippen LogP contribution in [-0.2, 0) is 13.2 Å². The van der Waals surface area contributed by atoms with Crippen molar-refractivity contribution in [2.24, 2.45) is 0 Å². The van der Waals surface area contributed by atoms with E-state index in [1.54, 1.807) is 12.1 Å². The molecule has 1 N–H and O–H groups in total. The summed E-state index contributed by atoms with van der Waals surface area (Å²) >= 11 is 12.6. The standard InChI is InChI=1S/C23H22Cl2FNO2/c1-3-28-22-11-17(13-27-19-8-7-15(2)20(24)12-19)10-21(25)23(22)29-14-16-5-4-6-18(26)9-16/h4-12,27H,3,13-14H2,1-2H3. The Balaban J connectivity index is 1.75. The molecule has 3 aromatic carbocycles. The number of hydrogen-bond donors (Lipinski definition) is 1. The molecule has 0 unspecified atom stereocenters. The zero-order valence-corrected chi connectivity index (χ0v) is 17.8. The van der Waals surface area contributed by atoms with Crippen LogP contribution in [0.4, 0.5) is 10.1 Å². The summed E-state index contributed by atoms with van der Waals surface area (Å²) in [6.07, 6.45) is 0. The van der Waals surface area contributed by atoms with E-state index in [0.717, 1.165) is 16.8 Å². The van der Waals surface area contributed by atoms with Crippen molar-refractivity contribution in [3.05, 3.63) is 87.2 Å². The Labute approximate surface area is 180 Å². The second-order valence-electron chi connectivity index (χ2n) is 6.57. The molecule has 0 spiro atoms. The van der Waals surface area contributed by atoms with Gasteiger partial charge in [-0.3, -0.25) is 0 Å². The van der Waals surface area contributed by atoms with E-state index in [-0.39, 0.29) is 12.4 Å². The molecule has 0 aromatic heterocycles. The normalized spacial score (nSPS) is 10.7. The highest BCUT2D eigenvalue weighted by atomic mass is 35.5. The molecule has 0 atom stereocenters. The third-order valence-corrected chi connectivity index (χ3v) is 5.00. The van der Waals surface area contributed by atoms with Gasteiger partial charge in [0.15, 0.2) is 11.5 Å². The predicted octanol–water partition coefficient (Wildman–Crippen LogP) is 7.03. The maximum absolute atomic E-state index is 13.4. The van der Waals surface area contributed by atoms with Gasteiger partial charge >= 0.3 is 0 Å². The SMILES string of the molecule is CCOc1cc(CNc2ccc(C)c(Cl)c2)cc(Cl)c1OCc1cccc(F)c1. The molecule has 0 aliphatic heterocycles. The molecular weight excluding hydrogens is 412 g/mol. The van der Waals surface area contributed by atoms with E-state index in [4.69, 9.17) is 32.7 Å². The Morgan fingerprint density at radius 3 is 2.48 bits per heavy atom. The number of aryl methyl sites for hydroxylation is 1. The molecule has 152 valence electrons. The number of nitrogens with one attached hydrogen (secondary N) is 1. The third-order valence-electron chi connectivity index (χ3n) is 4.31. The van der Waals surface area contributed by atoms with Gasteiger partial charge in [0.05, 0.1) is 11.6 Å². The average Bonchev–Trinajstić information content (AvgIpc) is 2.68. The topological polar surface area (TPSA) is 30.5 Å². The van der Waals surface area contributed by atoms with Crippen LogP contribution in [0.15, 0.2) is 54.6 Å². The molecule has 3 aromatic rings. The first-order valence-electron chi connectivity index (χ1n) is 9.28. The van der Waals surface area contributed by atoms with Crippen LogP contribution in [0.1, 0.15) is 23.6 Å². The fourth-order valence-electron chi connectivity index (χ4n) is 2.82. The van der Waals surface area contributed by atoms with Crippen LogP contribution >= 0.6 is 23.2 Å². The fraction of sp³-hybridized carbons (Fsp3) is 0.217. The van der Waals surface area contributed by atoms with E-state index >= 15 is 0 Å². The average molecular weight is 434 g/mol. The highest BCUT2D eigenvalue weighted by Crippen LogP contribution is 2.37. The third kappa shape index (κ3) is 5.78. The number of halogens is 3. The molecule has 0 radical (unpaired) electrons. The predicted molar refractivity (Wildman–Crippen MR) is 117 cm³/mol. The van der Waals surface area contributed by atoms with E-state index in [1.165, 1.54) is 12.1 Å². The zero-order valence-electron chi connectivity index (χ0n) is 16.3. The number of anilines is 1. The second kappa shape index (κ2) is 9.86. The van der Waals surface area contributed by atoms with Gasteiger partial charge in [0.1, 0.15) is 12.4 Å². The molecule has 0 bridgehead atoms. The van der Waals surface area contributed by atoms with Gasteiger partial charge in [0.25, 0.3) is 0 Å². The van der Waals surface area contributed by atoms with Crippen LogP contribution < -0.4 is 14.8 Å². The van der Waals surface area contributed by atoms with Gasteiger partial charge in [-0.2, -0.15) is 0 Å². The van der Waals surface area contributed by atoms with Crippen LogP contribution in [-0.4, -0.2) is 6.61 Å². The lowest BCUT2D eigenvalue weighted by atomic mass is 10.1. The van der Waals surface area contributed by atoms with E-state index in [2.05, 4.69) is 5.32 Å². The Kier molecular flexibility index (Phi) is 7.24. The van der Waals surface area contributed by atoms with Gasteiger partial charge in [0, 0.05) is 17.3 Å². The van der Waals surface area contributed by atoms with E-state index in [0.29, 0.717) is 40.3 Å². The lowest BCUT2D eigenvalue weighted by molar-refractivity contribution is 0.269. The highest BCUT2D eigenvalue weighted by molar-refractivity contribution is 6.32. The summed E-state index contributed by atoms with van der Waals surface area (Å²) in [6.45, 7) is 5.06. The number of ether oxygens (including phenoxy) is 2. The molecule has 3 rings (SSSR count). The van der Waals surface area contributed by atoms with Gasteiger partial charge in [-0.1, -0.05) is 41.4 Å².